The van der Waals surface area contributed by atoms with Crippen molar-refractivity contribution in [1.82, 2.24) is 11.0 Å². The van der Waals surface area contributed by atoms with Gasteiger partial charge in [0.25, 0.3) is 0 Å². The van der Waals surface area contributed by atoms with E-state index in [1.54, 1.807) is 0 Å². The Morgan fingerprint density at radius 1 is 1.38 bits per heavy atom. The van der Waals surface area contributed by atoms with Gasteiger partial charge in [0.05, 0.1) is 0 Å². The Hall–Kier alpha value is -1.39. The van der Waals surface area contributed by atoms with E-state index < -0.39 is 0 Å². The first-order valence-corrected chi connectivity index (χ1v) is 3.98. The molecule has 0 bridgehead atoms. The molecule has 0 aromatic heterocycles. The molecule has 0 saturated carbocycles. The van der Waals surface area contributed by atoms with Gasteiger partial charge in [-0.2, -0.15) is 0 Å². The van der Waals surface area contributed by atoms with Gasteiger partial charge in [0, 0.05) is 13.5 Å². The van der Waals surface area contributed by atoms with Gasteiger partial charge in [-0.25, -0.2) is 5.43 Å². The second-order valence-corrected chi connectivity index (χ2v) is 2.53. The lowest BCUT2D eigenvalue weighted by molar-refractivity contribution is -0.151. The van der Waals surface area contributed by atoms with Crippen molar-refractivity contribution in [2.24, 2.45) is 0 Å². The quantitative estimate of drug-likeness (QED) is 0.530. The molecular weight excluding hydrogens is 168 g/mol. The van der Waals surface area contributed by atoms with Crippen molar-refractivity contribution in [2.45, 2.75) is 13.5 Å². The molecule has 0 aliphatic rings. The van der Waals surface area contributed by atoms with E-state index in [2.05, 4.69) is 15.9 Å². The van der Waals surface area contributed by atoms with Gasteiger partial charge < -0.3 is 4.84 Å². The second-order valence-electron chi connectivity index (χ2n) is 2.53. The maximum atomic E-state index is 10.3. The van der Waals surface area contributed by atoms with Crippen LogP contribution in [0.25, 0.3) is 0 Å². The Labute approximate surface area is 76.8 Å². The van der Waals surface area contributed by atoms with E-state index in [-0.39, 0.29) is 5.97 Å². The minimum absolute atomic E-state index is 0.374. The Morgan fingerprint density at radius 3 is 2.69 bits per heavy atom. The van der Waals surface area contributed by atoms with Crippen LogP contribution in [0.4, 0.5) is 0 Å². The van der Waals surface area contributed by atoms with Crippen LogP contribution in [0, 0.1) is 0 Å². The summed E-state index contributed by atoms with van der Waals surface area (Å²) in [4.78, 5) is 14.8. The van der Waals surface area contributed by atoms with Gasteiger partial charge in [-0.1, -0.05) is 35.9 Å². The fourth-order valence-electron chi connectivity index (χ4n) is 0.842. The first-order valence-electron chi connectivity index (χ1n) is 3.98. The minimum Gasteiger partial charge on any atom is -0.356 e. The highest BCUT2D eigenvalue weighted by molar-refractivity contribution is 5.65. The summed E-state index contributed by atoms with van der Waals surface area (Å²) in [5.74, 6) is -0.374. The van der Waals surface area contributed by atoms with Gasteiger partial charge in [0.2, 0.25) is 0 Å². The number of benzene rings is 1. The second kappa shape index (κ2) is 5.29. The van der Waals surface area contributed by atoms with E-state index in [1.165, 1.54) is 6.92 Å². The Balaban J connectivity index is 2.17. The van der Waals surface area contributed by atoms with Gasteiger partial charge in [-0.3, -0.25) is 4.79 Å². The molecule has 2 N–H and O–H groups in total. The zero-order chi connectivity index (χ0) is 9.52. The lowest BCUT2D eigenvalue weighted by atomic mass is 10.2. The zero-order valence-corrected chi connectivity index (χ0v) is 7.41. The molecule has 1 aromatic carbocycles. The molecule has 0 unspecified atom stereocenters. The minimum atomic E-state index is -0.374. The van der Waals surface area contributed by atoms with Crippen LogP contribution >= 0.6 is 0 Å². The first kappa shape index (κ1) is 9.70. The van der Waals surface area contributed by atoms with Crippen LogP contribution in [0.2, 0.25) is 0 Å². The van der Waals surface area contributed by atoms with Crippen molar-refractivity contribution in [3.8, 4) is 0 Å². The summed E-state index contributed by atoms with van der Waals surface area (Å²) in [6.45, 7) is 1.94. The molecule has 0 atom stereocenters. The summed E-state index contributed by atoms with van der Waals surface area (Å²) in [6.07, 6.45) is 0. The molecule has 0 spiro atoms. The van der Waals surface area contributed by atoms with Crippen LogP contribution in [-0.2, 0) is 16.2 Å². The van der Waals surface area contributed by atoms with Crippen molar-refractivity contribution in [3.63, 3.8) is 0 Å². The predicted octanol–water partition coefficient (Wildman–Crippen LogP) is 0.759. The van der Waals surface area contributed by atoms with Crippen molar-refractivity contribution < 1.29 is 9.63 Å². The van der Waals surface area contributed by atoms with Crippen LogP contribution < -0.4 is 11.0 Å². The predicted molar refractivity (Wildman–Crippen MR) is 48.2 cm³/mol. The lowest BCUT2D eigenvalue weighted by Gasteiger charge is -2.04. The fraction of sp³-hybridized carbons (Fsp3) is 0.222. The van der Waals surface area contributed by atoms with Gasteiger partial charge >= 0.3 is 5.97 Å². The highest BCUT2D eigenvalue weighted by atomic mass is 16.7. The zero-order valence-electron chi connectivity index (χ0n) is 7.41. The van der Waals surface area contributed by atoms with Gasteiger partial charge in [0.15, 0.2) is 0 Å². The molecule has 0 amide bonds. The molecule has 1 rings (SSSR count). The van der Waals surface area contributed by atoms with Crippen LogP contribution in [0.3, 0.4) is 0 Å². The van der Waals surface area contributed by atoms with E-state index in [0.29, 0.717) is 6.54 Å². The van der Waals surface area contributed by atoms with Crippen molar-refractivity contribution in [3.05, 3.63) is 35.9 Å². The number of rotatable bonds is 4. The molecule has 0 aliphatic heterocycles. The molecule has 0 fully saturated rings. The third kappa shape index (κ3) is 4.25. The molecule has 0 heterocycles. The molecule has 0 radical (unpaired) electrons. The van der Waals surface area contributed by atoms with Crippen molar-refractivity contribution in [2.75, 3.05) is 0 Å². The molecule has 0 aliphatic carbocycles. The number of hydrazine groups is 1. The van der Waals surface area contributed by atoms with E-state index in [0.717, 1.165) is 5.56 Å². The lowest BCUT2D eigenvalue weighted by Crippen LogP contribution is -2.32. The fourth-order valence-corrected chi connectivity index (χ4v) is 0.842. The average molecular weight is 180 g/mol. The summed E-state index contributed by atoms with van der Waals surface area (Å²) in [5, 5.41) is 0. The topological polar surface area (TPSA) is 50.4 Å². The molecule has 1 aromatic rings. The van der Waals surface area contributed by atoms with Gasteiger partial charge in [-0.15, -0.1) is 0 Å². The van der Waals surface area contributed by atoms with Crippen LogP contribution in [0.1, 0.15) is 12.5 Å². The van der Waals surface area contributed by atoms with E-state index in [1.807, 2.05) is 30.3 Å². The molecule has 70 valence electrons. The monoisotopic (exact) mass is 180 g/mol. The average Bonchev–Trinajstić information content (AvgIpc) is 2.14. The number of hydrogen-bond acceptors (Lipinski definition) is 4. The molecule has 13 heavy (non-hydrogen) atoms. The Kier molecular flexibility index (Phi) is 3.95. The molecule has 4 heteroatoms. The Morgan fingerprint density at radius 2 is 2.08 bits per heavy atom. The number of carbonyl (C=O) groups is 1. The highest BCUT2D eigenvalue weighted by Gasteiger charge is 1.91. The van der Waals surface area contributed by atoms with Crippen LogP contribution in [0.15, 0.2) is 30.3 Å². The summed E-state index contributed by atoms with van der Waals surface area (Å²) >= 11 is 0. The van der Waals surface area contributed by atoms with Gasteiger partial charge in [-0.05, 0) is 5.56 Å². The standard InChI is InChI=1S/C9H12N2O2/c1-8(12)13-11-10-7-9-5-3-2-4-6-9/h2-6,10-11H,7H2,1H3. The molecule has 4 nitrogen and oxygen atoms in total. The summed E-state index contributed by atoms with van der Waals surface area (Å²) in [6, 6.07) is 9.79. The Bertz CT molecular complexity index is 262. The number of nitrogens with one attached hydrogen (secondary N) is 2. The van der Waals surface area contributed by atoms with Crippen LogP contribution in [-0.4, -0.2) is 5.97 Å². The third-order valence-electron chi connectivity index (χ3n) is 1.40. The van der Waals surface area contributed by atoms with E-state index in [4.69, 9.17) is 0 Å². The summed E-state index contributed by atoms with van der Waals surface area (Å²) < 4.78 is 0. The largest absolute Gasteiger partial charge is 0.356 e. The maximum absolute atomic E-state index is 10.3. The van der Waals surface area contributed by atoms with Gasteiger partial charge in [0.1, 0.15) is 0 Å². The van der Waals surface area contributed by atoms with Crippen molar-refractivity contribution in [1.29, 1.82) is 0 Å². The number of hydrogen-bond donors (Lipinski definition) is 2. The third-order valence-corrected chi connectivity index (χ3v) is 1.40. The van der Waals surface area contributed by atoms with E-state index >= 15 is 0 Å². The number of carbonyl (C=O) groups excluding carboxylic acids is 1. The summed E-state index contributed by atoms with van der Waals surface area (Å²) in [5.41, 5.74) is 6.19. The first-order chi connectivity index (χ1) is 6.29. The highest BCUT2D eigenvalue weighted by Crippen LogP contribution is 1.95. The van der Waals surface area contributed by atoms with E-state index in [9.17, 15) is 4.79 Å². The summed E-state index contributed by atoms with van der Waals surface area (Å²) in [7, 11) is 0. The smallest absolute Gasteiger partial charge is 0.323 e. The van der Waals surface area contributed by atoms with Crippen molar-refractivity contribution >= 4 is 5.97 Å². The maximum Gasteiger partial charge on any atom is 0.323 e. The molecular formula is C9H12N2O2. The normalized spacial score (nSPS) is 9.62. The SMILES string of the molecule is CC(=O)ONNCc1ccccc1. The molecule has 0 saturated heterocycles. The van der Waals surface area contributed by atoms with Crippen LogP contribution in [0.5, 0.6) is 0 Å².